The Kier molecular flexibility index (Phi) is 4.00. The van der Waals surface area contributed by atoms with Crippen molar-refractivity contribution in [2.24, 2.45) is 0 Å². The Morgan fingerprint density at radius 2 is 1.83 bits per heavy atom. The van der Waals surface area contributed by atoms with Crippen LogP contribution >= 0.6 is 11.6 Å². The van der Waals surface area contributed by atoms with Crippen LogP contribution in [0.2, 0.25) is 5.02 Å². The smallest absolute Gasteiger partial charge is 0.335 e. The molecule has 29 heavy (non-hydrogen) atoms. The van der Waals surface area contributed by atoms with Gasteiger partial charge in [-0.1, -0.05) is 54.1 Å². The monoisotopic (exact) mass is 403 g/mol. The van der Waals surface area contributed by atoms with Gasteiger partial charge in [-0.15, -0.1) is 0 Å². The van der Waals surface area contributed by atoms with Crippen LogP contribution in [0.4, 0.5) is 5.69 Å². The number of hydrogen-bond donors (Lipinski definition) is 1. The number of halogens is 1. The number of nitrogens with zero attached hydrogens (tertiary/aromatic N) is 1. The average Bonchev–Trinajstić information content (AvgIpc) is 3.44. The van der Waals surface area contributed by atoms with Gasteiger partial charge in [0.25, 0.3) is 0 Å². The lowest BCUT2D eigenvalue weighted by molar-refractivity contribution is -0.120. The lowest BCUT2D eigenvalue weighted by Crippen LogP contribution is -2.32. The number of anilines is 1. The summed E-state index contributed by atoms with van der Waals surface area (Å²) in [5, 5.41) is 9.95. The first-order valence-electron chi connectivity index (χ1n) is 9.50. The number of amides is 1. The van der Waals surface area contributed by atoms with Gasteiger partial charge < -0.3 is 10.0 Å². The van der Waals surface area contributed by atoms with Crippen LogP contribution in [0.5, 0.6) is 0 Å². The number of carboxylic acids is 1. The van der Waals surface area contributed by atoms with Crippen LogP contribution in [-0.2, 0) is 16.8 Å². The third-order valence-electron chi connectivity index (χ3n) is 6.05. The topological polar surface area (TPSA) is 57.6 Å². The van der Waals surface area contributed by atoms with E-state index in [0.717, 1.165) is 28.8 Å². The molecule has 5 heteroatoms. The molecule has 0 unspecified atom stereocenters. The molecule has 3 aromatic carbocycles. The SMILES string of the molecule is O=C(O)c1cccc(CN2C(=O)[C@]3(C[C@H]3c3ccc(Cl)cc3)c3ccccc32)c1. The fraction of sp³-hybridized carbons (Fsp3) is 0.167. The standard InChI is InChI=1S/C24H18ClNO3/c25-18-10-8-16(9-11-18)20-13-24(20)19-6-1-2-7-21(19)26(23(24)29)14-15-4-3-5-17(12-15)22(27)28/h1-12,20H,13-14H2,(H,27,28)/t20-,24+/m0/s1. The number of para-hydroxylation sites is 1. The lowest BCUT2D eigenvalue weighted by atomic mass is 9.92. The molecule has 0 bridgehead atoms. The lowest BCUT2D eigenvalue weighted by Gasteiger charge is -2.19. The largest absolute Gasteiger partial charge is 0.478 e. The van der Waals surface area contributed by atoms with E-state index < -0.39 is 11.4 Å². The normalized spacial score (nSPS) is 22.0. The number of carbonyl (C=O) groups excluding carboxylic acids is 1. The first kappa shape index (κ1) is 18.0. The van der Waals surface area contributed by atoms with Gasteiger partial charge in [0.15, 0.2) is 0 Å². The molecule has 1 aliphatic heterocycles. The van der Waals surface area contributed by atoms with Crippen LogP contribution in [0.15, 0.2) is 72.8 Å². The van der Waals surface area contributed by atoms with E-state index in [2.05, 4.69) is 0 Å². The van der Waals surface area contributed by atoms with Crippen LogP contribution in [0.25, 0.3) is 0 Å². The summed E-state index contributed by atoms with van der Waals surface area (Å²) in [5.74, 6) is -0.760. The predicted molar refractivity (Wildman–Crippen MR) is 112 cm³/mol. The zero-order chi connectivity index (χ0) is 20.2. The van der Waals surface area contributed by atoms with Crippen LogP contribution < -0.4 is 4.90 Å². The summed E-state index contributed by atoms with van der Waals surface area (Å²) in [6.45, 7) is 0.353. The number of carboxylic acid groups (broad SMARTS) is 1. The molecule has 1 amide bonds. The second-order valence-corrected chi connectivity index (χ2v) is 8.13. The maximum absolute atomic E-state index is 13.6. The van der Waals surface area contributed by atoms with Gasteiger partial charge in [-0.3, -0.25) is 4.79 Å². The average molecular weight is 404 g/mol. The fourth-order valence-corrected chi connectivity index (χ4v) is 4.71. The summed E-state index contributed by atoms with van der Waals surface area (Å²) in [6.07, 6.45) is 0.774. The number of rotatable bonds is 4. The Labute approximate surface area is 173 Å². The van der Waals surface area contributed by atoms with E-state index in [1.54, 1.807) is 23.1 Å². The van der Waals surface area contributed by atoms with Crippen molar-refractivity contribution in [2.45, 2.75) is 24.3 Å². The predicted octanol–water partition coefficient (Wildman–Crippen LogP) is 5.01. The van der Waals surface area contributed by atoms with E-state index in [1.807, 2.05) is 54.6 Å². The molecule has 1 fully saturated rings. The molecule has 0 radical (unpaired) electrons. The molecule has 1 spiro atoms. The van der Waals surface area contributed by atoms with Gasteiger partial charge in [-0.25, -0.2) is 4.79 Å². The van der Waals surface area contributed by atoms with Gasteiger partial charge in [0.2, 0.25) is 5.91 Å². The molecule has 1 N–H and O–H groups in total. The quantitative estimate of drug-likeness (QED) is 0.666. The molecule has 1 heterocycles. The van der Waals surface area contributed by atoms with Gasteiger partial charge in [0.1, 0.15) is 0 Å². The van der Waals surface area contributed by atoms with Gasteiger partial charge in [0, 0.05) is 16.6 Å². The first-order chi connectivity index (χ1) is 14.0. The number of hydrogen-bond acceptors (Lipinski definition) is 2. The van der Waals surface area contributed by atoms with Crippen molar-refractivity contribution < 1.29 is 14.7 Å². The molecule has 3 aromatic rings. The third-order valence-corrected chi connectivity index (χ3v) is 6.30. The van der Waals surface area contributed by atoms with Gasteiger partial charge in [-0.2, -0.15) is 0 Å². The second kappa shape index (κ2) is 6.46. The fourth-order valence-electron chi connectivity index (χ4n) is 4.59. The van der Waals surface area contributed by atoms with Crippen molar-refractivity contribution in [3.63, 3.8) is 0 Å². The minimum Gasteiger partial charge on any atom is -0.478 e. The highest BCUT2D eigenvalue weighted by atomic mass is 35.5. The summed E-state index contributed by atoms with van der Waals surface area (Å²) >= 11 is 6.03. The zero-order valence-corrected chi connectivity index (χ0v) is 16.3. The second-order valence-electron chi connectivity index (χ2n) is 7.69. The first-order valence-corrected chi connectivity index (χ1v) is 9.88. The Balaban J connectivity index is 1.51. The summed E-state index contributed by atoms with van der Waals surface area (Å²) < 4.78 is 0. The minimum absolute atomic E-state index is 0.0828. The van der Waals surface area contributed by atoms with Gasteiger partial charge in [0.05, 0.1) is 17.5 Å². The number of aromatic carboxylic acids is 1. The van der Waals surface area contributed by atoms with Gasteiger partial charge >= 0.3 is 5.97 Å². The molecule has 2 aliphatic rings. The van der Waals surface area contributed by atoms with E-state index in [4.69, 9.17) is 11.6 Å². The minimum atomic E-state index is -0.971. The molecule has 5 rings (SSSR count). The van der Waals surface area contributed by atoms with E-state index >= 15 is 0 Å². The summed E-state index contributed by atoms with van der Waals surface area (Å²) in [4.78, 5) is 26.7. The van der Waals surface area contributed by atoms with Crippen LogP contribution in [0.3, 0.4) is 0 Å². The highest BCUT2D eigenvalue weighted by Crippen LogP contribution is 2.66. The Morgan fingerprint density at radius 1 is 1.07 bits per heavy atom. The number of fused-ring (bicyclic) bond motifs is 2. The summed E-state index contributed by atoms with van der Waals surface area (Å²) in [5.41, 5.74) is 3.58. The van der Waals surface area contributed by atoms with E-state index in [0.29, 0.717) is 11.6 Å². The Bertz CT molecular complexity index is 1140. The highest BCUT2D eigenvalue weighted by Gasteiger charge is 2.66. The molecule has 144 valence electrons. The molecule has 0 aromatic heterocycles. The van der Waals surface area contributed by atoms with Crippen molar-refractivity contribution in [3.05, 3.63) is 100 Å². The van der Waals surface area contributed by atoms with Crippen LogP contribution in [-0.4, -0.2) is 17.0 Å². The van der Waals surface area contributed by atoms with Crippen molar-refractivity contribution in [2.75, 3.05) is 4.90 Å². The maximum Gasteiger partial charge on any atom is 0.335 e. The molecule has 1 saturated carbocycles. The third kappa shape index (κ3) is 2.75. The molecule has 2 atom stereocenters. The van der Waals surface area contributed by atoms with Crippen LogP contribution in [0.1, 0.15) is 39.4 Å². The number of carbonyl (C=O) groups is 2. The summed E-state index contributed by atoms with van der Waals surface area (Å²) in [7, 11) is 0. The maximum atomic E-state index is 13.6. The molecular weight excluding hydrogens is 386 g/mol. The highest BCUT2D eigenvalue weighted by molar-refractivity contribution is 6.30. The Hall–Kier alpha value is -3.11. The Morgan fingerprint density at radius 3 is 2.59 bits per heavy atom. The molecule has 4 nitrogen and oxygen atoms in total. The number of benzene rings is 3. The van der Waals surface area contributed by atoms with Gasteiger partial charge in [-0.05, 0) is 53.4 Å². The van der Waals surface area contributed by atoms with Crippen molar-refractivity contribution in [3.8, 4) is 0 Å². The molecule has 1 aliphatic carbocycles. The van der Waals surface area contributed by atoms with E-state index in [9.17, 15) is 14.7 Å². The van der Waals surface area contributed by atoms with E-state index in [1.165, 1.54) is 0 Å². The van der Waals surface area contributed by atoms with E-state index in [-0.39, 0.29) is 17.4 Å². The molecule has 0 saturated heterocycles. The van der Waals surface area contributed by atoms with Crippen molar-refractivity contribution in [1.82, 2.24) is 0 Å². The zero-order valence-electron chi connectivity index (χ0n) is 15.5. The van der Waals surface area contributed by atoms with Crippen molar-refractivity contribution in [1.29, 1.82) is 0 Å². The van der Waals surface area contributed by atoms with Crippen molar-refractivity contribution >= 4 is 29.2 Å². The van der Waals surface area contributed by atoms with Crippen LogP contribution in [0, 0.1) is 0 Å². The molecular formula is C24H18ClNO3. The summed E-state index contributed by atoms with van der Waals surface area (Å²) in [6, 6.07) is 22.4.